The normalized spacial score (nSPS) is 11.4. The van der Waals surface area contributed by atoms with Gasteiger partial charge in [0.25, 0.3) is 5.56 Å². The number of aryl methyl sites for hydroxylation is 1. The fourth-order valence-electron chi connectivity index (χ4n) is 1.71. The fourth-order valence-corrected chi connectivity index (χ4v) is 3.34. The Morgan fingerprint density at radius 3 is 3.00 bits per heavy atom. The van der Waals surface area contributed by atoms with E-state index in [0.29, 0.717) is 0 Å². The second-order valence-corrected chi connectivity index (χ2v) is 5.49. The van der Waals surface area contributed by atoms with Crippen LogP contribution in [-0.2, 0) is 0 Å². The Bertz CT molecular complexity index is 760. The average Bonchev–Trinajstić information content (AvgIpc) is 2.54. The molecule has 16 heavy (non-hydrogen) atoms. The van der Waals surface area contributed by atoms with Crippen LogP contribution in [0.4, 0.5) is 0 Å². The standard InChI is InChI=1S/C11H7BrN2OS/c1-6-4-10(15)14-8-3-2-7(12)5-9(8)16-11(14)13-6/h2-5H,1H3. The van der Waals surface area contributed by atoms with E-state index in [9.17, 15) is 4.79 Å². The van der Waals surface area contributed by atoms with Gasteiger partial charge in [-0.1, -0.05) is 27.3 Å². The first kappa shape index (κ1) is 9.99. The van der Waals surface area contributed by atoms with Crippen LogP contribution in [-0.4, -0.2) is 9.38 Å². The number of hydrogen-bond donors (Lipinski definition) is 0. The predicted molar refractivity (Wildman–Crippen MR) is 69.3 cm³/mol. The van der Waals surface area contributed by atoms with Crippen LogP contribution in [0, 0.1) is 6.92 Å². The zero-order chi connectivity index (χ0) is 11.3. The molecule has 0 bridgehead atoms. The molecule has 2 aromatic heterocycles. The highest BCUT2D eigenvalue weighted by Gasteiger charge is 2.08. The second kappa shape index (κ2) is 3.40. The average molecular weight is 295 g/mol. The highest BCUT2D eigenvalue weighted by molar-refractivity contribution is 9.10. The van der Waals surface area contributed by atoms with Crippen LogP contribution in [0.2, 0.25) is 0 Å². The van der Waals surface area contributed by atoms with E-state index in [1.807, 2.05) is 25.1 Å². The number of fused-ring (bicyclic) bond motifs is 3. The first-order valence-electron chi connectivity index (χ1n) is 4.73. The smallest absolute Gasteiger partial charge is 0.259 e. The number of nitrogens with zero attached hydrogens (tertiary/aromatic N) is 2. The van der Waals surface area contributed by atoms with Gasteiger partial charge >= 0.3 is 0 Å². The Balaban J connectivity index is 2.61. The van der Waals surface area contributed by atoms with Crippen molar-refractivity contribution in [2.24, 2.45) is 0 Å². The van der Waals surface area contributed by atoms with Crippen LogP contribution < -0.4 is 5.56 Å². The maximum atomic E-state index is 11.9. The van der Waals surface area contributed by atoms with Gasteiger partial charge in [-0.2, -0.15) is 0 Å². The third-order valence-electron chi connectivity index (χ3n) is 2.38. The molecule has 0 aliphatic heterocycles. The van der Waals surface area contributed by atoms with Gasteiger partial charge in [0.2, 0.25) is 0 Å². The van der Waals surface area contributed by atoms with Crippen LogP contribution >= 0.6 is 27.3 Å². The van der Waals surface area contributed by atoms with Gasteiger partial charge in [0.15, 0.2) is 4.96 Å². The maximum Gasteiger partial charge on any atom is 0.259 e. The first-order chi connectivity index (χ1) is 7.65. The Hall–Kier alpha value is -1.20. The zero-order valence-corrected chi connectivity index (χ0v) is 10.8. The van der Waals surface area contributed by atoms with Crippen molar-refractivity contribution >= 4 is 42.4 Å². The lowest BCUT2D eigenvalue weighted by molar-refractivity contribution is 1.08. The molecule has 0 radical (unpaired) electrons. The SMILES string of the molecule is Cc1cc(=O)n2c(n1)sc1cc(Br)ccc12. The van der Waals surface area contributed by atoms with Crippen molar-refractivity contribution in [3.05, 3.63) is 44.8 Å². The van der Waals surface area contributed by atoms with Crippen molar-refractivity contribution in [1.82, 2.24) is 9.38 Å². The molecule has 80 valence electrons. The van der Waals surface area contributed by atoms with Gasteiger partial charge in [0.05, 0.1) is 10.2 Å². The monoisotopic (exact) mass is 294 g/mol. The van der Waals surface area contributed by atoms with Crippen LogP contribution in [0.1, 0.15) is 5.69 Å². The van der Waals surface area contributed by atoms with E-state index in [0.717, 1.165) is 25.3 Å². The molecule has 0 fully saturated rings. The Kier molecular flexibility index (Phi) is 2.12. The molecule has 5 heteroatoms. The lowest BCUT2D eigenvalue weighted by Crippen LogP contribution is -2.12. The van der Waals surface area contributed by atoms with Crippen LogP contribution in [0.3, 0.4) is 0 Å². The summed E-state index contributed by atoms with van der Waals surface area (Å²) in [5.41, 5.74) is 1.66. The van der Waals surface area contributed by atoms with E-state index < -0.39 is 0 Å². The van der Waals surface area contributed by atoms with Crippen molar-refractivity contribution in [3.63, 3.8) is 0 Å². The molecular weight excluding hydrogens is 288 g/mol. The van der Waals surface area contributed by atoms with E-state index in [2.05, 4.69) is 20.9 Å². The Labute approximate surface area is 103 Å². The molecule has 0 N–H and O–H groups in total. The number of aromatic nitrogens is 2. The zero-order valence-electron chi connectivity index (χ0n) is 8.40. The van der Waals surface area contributed by atoms with Crippen molar-refractivity contribution in [3.8, 4) is 0 Å². The maximum absolute atomic E-state index is 11.9. The minimum absolute atomic E-state index is 0.0175. The largest absolute Gasteiger partial charge is 0.269 e. The van der Waals surface area contributed by atoms with E-state index >= 15 is 0 Å². The third-order valence-corrected chi connectivity index (χ3v) is 3.88. The van der Waals surface area contributed by atoms with Crippen molar-refractivity contribution < 1.29 is 0 Å². The summed E-state index contributed by atoms with van der Waals surface area (Å²) >= 11 is 4.95. The summed E-state index contributed by atoms with van der Waals surface area (Å²) < 4.78 is 3.72. The summed E-state index contributed by atoms with van der Waals surface area (Å²) in [6.07, 6.45) is 0. The first-order valence-corrected chi connectivity index (χ1v) is 6.34. The molecule has 3 aromatic rings. The summed E-state index contributed by atoms with van der Waals surface area (Å²) in [6, 6.07) is 7.42. The van der Waals surface area contributed by atoms with E-state index in [-0.39, 0.29) is 5.56 Å². The topological polar surface area (TPSA) is 34.4 Å². The van der Waals surface area contributed by atoms with Crippen LogP contribution in [0.15, 0.2) is 33.5 Å². The predicted octanol–water partition coefficient (Wildman–Crippen LogP) is 2.98. The third kappa shape index (κ3) is 1.39. The minimum atomic E-state index is -0.0175. The van der Waals surface area contributed by atoms with Gasteiger partial charge in [-0.15, -0.1) is 0 Å². The molecule has 0 atom stereocenters. The summed E-state index contributed by atoms with van der Waals surface area (Å²) in [4.78, 5) is 17.0. The van der Waals surface area contributed by atoms with Gasteiger partial charge in [-0.3, -0.25) is 9.20 Å². The van der Waals surface area contributed by atoms with Gasteiger partial charge < -0.3 is 0 Å². The molecule has 3 rings (SSSR count). The van der Waals surface area contributed by atoms with Gasteiger partial charge in [0, 0.05) is 16.2 Å². The lowest BCUT2D eigenvalue weighted by Gasteiger charge is -1.95. The van der Waals surface area contributed by atoms with Gasteiger partial charge in [0.1, 0.15) is 0 Å². The molecule has 3 nitrogen and oxygen atoms in total. The molecule has 0 aliphatic rings. The Morgan fingerprint density at radius 1 is 1.38 bits per heavy atom. The van der Waals surface area contributed by atoms with Crippen molar-refractivity contribution in [2.45, 2.75) is 6.92 Å². The van der Waals surface area contributed by atoms with E-state index in [1.165, 1.54) is 11.3 Å². The Morgan fingerprint density at radius 2 is 2.19 bits per heavy atom. The van der Waals surface area contributed by atoms with Crippen molar-refractivity contribution in [1.29, 1.82) is 0 Å². The summed E-state index contributed by atoms with van der Waals surface area (Å²) in [7, 11) is 0. The van der Waals surface area contributed by atoms with E-state index in [4.69, 9.17) is 0 Å². The van der Waals surface area contributed by atoms with Crippen LogP contribution in [0.25, 0.3) is 15.2 Å². The number of halogens is 1. The summed E-state index contributed by atoms with van der Waals surface area (Å²) in [5.74, 6) is 0. The van der Waals surface area contributed by atoms with E-state index in [1.54, 1.807) is 10.5 Å². The number of hydrogen-bond acceptors (Lipinski definition) is 3. The molecular formula is C11H7BrN2OS. The molecule has 0 saturated heterocycles. The lowest BCUT2D eigenvalue weighted by atomic mass is 10.3. The molecule has 0 spiro atoms. The van der Waals surface area contributed by atoms with Gasteiger partial charge in [-0.05, 0) is 25.1 Å². The summed E-state index contributed by atoms with van der Waals surface area (Å²) in [6.45, 7) is 1.84. The second-order valence-electron chi connectivity index (χ2n) is 3.57. The minimum Gasteiger partial charge on any atom is -0.269 e. The number of thiazole rings is 1. The quantitative estimate of drug-likeness (QED) is 0.639. The molecule has 0 aliphatic carbocycles. The molecule has 0 saturated carbocycles. The fraction of sp³-hybridized carbons (Fsp3) is 0.0909. The molecule has 0 unspecified atom stereocenters. The van der Waals surface area contributed by atoms with Crippen LogP contribution in [0.5, 0.6) is 0 Å². The number of rotatable bonds is 0. The highest BCUT2D eigenvalue weighted by Crippen LogP contribution is 2.26. The molecule has 1 aromatic carbocycles. The molecule has 2 heterocycles. The van der Waals surface area contributed by atoms with Gasteiger partial charge in [-0.25, -0.2) is 4.98 Å². The summed E-state index contributed by atoms with van der Waals surface area (Å²) in [5, 5.41) is 0. The highest BCUT2D eigenvalue weighted by atomic mass is 79.9. The number of benzene rings is 1. The van der Waals surface area contributed by atoms with Crippen molar-refractivity contribution in [2.75, 3.05) is 0 Å². The molecule has 0 amide bonds.